The van der Waals surface area contributed by atoms with Crippen LogP contribution in [0.15, 0.2) is 37.2 Å². The van der Waals surface area contributed by atoms with Crippen molar-refractivity contribution < 1.29 is 49.6 Å². The zero-order valence-electron chi connectivity index (χ0n) is 24.3. The first kappa shape index (κ1) is 40.9. The summed E-state index contributed by atoms with van der Waals surface area (Å²) in [6.45, 7) is 19.0. The highest BCUT2D eigenvalue weighted by atomic mass is 28.4. The summed E-state index contributed by atoms with van der Waals surface area (Å²) in [5, 5.41) is 0. The maximum atomic E-state index is 5.65. The Morgan fingerprint density at radius 3 is 1.11 bits per heavy atom. The van der Waals surface area contributed by atoms with Crippen molar-refractivity contribution in [2.45, 2.75) is 19.9 Å². The van der Waals surface area contributed by atoms with Crippen LogP contribution in [-0.4, -0.2) is 122 Å². The summed E-state index contributed by atoms with van der Waals surface area (Å²) in [6, 6.07) is 0.904. The van der Waals surface area contributed by atoms with Crippen LogP contribution in [0, 0.1) is 0 Å². The molecule has 0 amide bonds. The van der Waals surface area contributed by atoms with Crippen molar-refractivity contribution >= 4 is 26.9 Å². The van der Waals surface area contributed by atoms with Gasteiger partial charge in [0.1, 0.15) is 0 Å². The second-order valence-electron chi connectivity index (χ2n) is 6.62. The Morgan fingerprint density at radius 2 is 0.919 bits per heavy atom. The first-order chi connectivity index (χ1) is 17.8. The lowest BCUT2D eigenvalue weighted by Crippen LogP contribution is -2.46. The van der Waals surface area contributed by atoms with E-state index in [1.165, 1.54) is 0 Å². The number of hydrogen-bond donors (Lipinski definition) is 0. The van der Waals surface area contributed by atoms with Crippen molar-refractivity contribution in [2.24, 2.45) is 0 Å². The number of hydrogen-bond acceptors (Lipinski definition) is 11. The van der Waals surface area contributed by atoms with Crippen LogP contribution in [0.5, 0.6) is 0 Å². The molecule has 0 aromatic heterocycles. The third-order valence-corrected chi connectivity index (χ3v) is 10.8. The van der Waals surface area contributed by atoms with Crippen molar-refractivity contribution in [1.29, 1.82) is 0 Å². The molecule has 0 spiro atoms. The Labute approximate surface area is 229 Å². The molecule has 0 rings (SSSR count). The van der Waals surface area contributed by atoms with E-state index in [2.05, 4.69) is 19.7 Å². The van der Waals surface area contributed by atoms with Crippen LogP contribution in [0.25, 0.3) is 0 Å². The van der Waals surface area contributed by atoms with Crippen molar-refractivity contribution in [1.82, 2.24) is 0 Å². The van der Waals surface area contributed by atoms with Gasteiger partial charge in [0.05, 0.1) is 39.6 Å². The Kier molecular flexibility index (Phi) is 33.2. The molecular formula is C23H52O11Si3. The summed E-state index contributed by atoms with van der Waals surface area (Å²) in [7, 11) is 2.82. The highest BCUT2D eigenvalue weighted by molar-refractivity contribution is 6.66. The van der Waals surface area contributed by atoms with Gasteiger partial charge in [0.25, 0.3) is 0 Å². The molecule has 37 heavy (non-hydrogen) atoms. The molecule has 0 bridgehead atoms. The topological polar surface area (TPSA) is 102 Å². The van der Waals surface area contributed by atoms with Gasteiger partial charge in [0.2, 0.25) is 0 Å². The normalized spacial score (nSPS) is 11.3. The molecule has 0 aliphatic heterocycles. The average Bonchev–Trinajstić information content (AvgIpc) is 2.92. The summed E-state index contributed by atoms with van der Waals surface area (Å²) in [4.78, 5) is 0. The van der Waals surface area contributed by atoms with E-state index in [1.54, 1.807) is 54.1 Å². The van der Waals surface area contributed by atoms with E-state index in [4.69, 9.17) is 49.6 Å². The van der Waals surface area contributed by atoms with Gasteiger partial charge < -0.3 is 49.6 Å². The highest BCUT2D eigenvalue weighted by Crippen LogP contribution is 2.11. The van der Waals surface area contributed by atoms with Gasteiger partial charge in [-0.15, -0.1) is 6.58 Å². The predicted molar refractivity (Wildman–Crippen MR) is 152 cm³/mol. The molecule has 0 atom stereocenters. The van der Waals surface area contributed by atoms with Crippen molar-refractivity contribution in [3.63, 3.8) is 0 Å². The van der Waals surface area contributed by atoms with Crippen molar-refractivity contribution in [2.75, 3.05) is 95.5 Å². The molecule has 0 saturated heterocycles. The standard InChI is InChI=1S/C11H24O6Si.C7H16O2Si.C5H12O3Si/c1-5-18(15-9-6-12-2,16-10-7-13-3)17-11-8-14-4;1-4-7-10(8-5-2)9-6-3;1-5-9(6-2,7-3)8-4/h5H,1,6-11H2,2-4H3;4,10H,1,5-7H2,2-3H3;5H,1H2,2-4H3. The molecule has 0 heterocycles. The molecule has 0 N–H and O–H groups in total. The van der Waals surface area contributed by atoms with Crippen molar-refractivity contribution in [3.05, 3.63) is 37.2 Å². The van der Waals surface area contributed by atoms with Gasteiger partial charge in [0.15, 0.2) is 0 Å². The quantitative estimate of drug-likeness (QED) is 0.100. The number of methoxy groups -OCH3 is 3. The monoisotopic (exact) mass is 588 g/mol. The van der Waals surface area contributed by atoms with Crippen LogP contribution in [-0.2, 0) is 49.6 Å². The third kappa shape index (κ3) is 23.1. The van der Waals surface area contributed by atoms with Crippen LogP contribution < -0.4 is 0 Å². The lowest BCUT2D eigenvalue weighted by molar-refractivity contribution is 0.0232. The Balaban J connectivity index is -0.000000515. The minimum Gasteiger partial charge on any atom is -0.397 e. The van der Waals surface area contributed by atoms with Crippen LogP contribution >= 0.6 is 0 Å². The largest absolute Gasteiger partial charge is 0.529 e. The van der Waals surface area contributed by atoms with Gasteiger partial charge in [-0.1, -0.05) is 19.2 Å². The van der Waals surface area contributed by atoms with Crippen LogP contribution in [0.4, 0.5) is 0 Å². The van der Waals surface area contributed by atoms with Gasteiger partial charge in [0, 0.05) is 61.9 Å². The number of rotatable bonds is 23. The van der Waals surface area contributed by atoms with E-state index >= 15 is 0 Å². The second-order valence-corrected chi connectivity index (χ2v) is 13.9. The molecule has 11 nitrogen and oxygen atoms in total. The second kappa shape index (κ2) is 30.0. The Hall–Kier alpha value is -0.569. The number of allylic oxidation sites excluding steroid dienone is 1. The smallest absolute Gasteiger partial charge is 0.397 e. The fraction of sp³-hybridized carbons (Fsp3) is 0.739. The molecule has 0 aliphatic rings. The van der Waals surface area contributed by atoms with E-state index in [0.29, 0.717) is 39.6 Å². The number of ether oxygens (including phenoxy) is 3. The maximum absolute atomic E-state index is 5.65. The molecular weight excluding hydrogens is 537 g/mol. The summed E-state index contributed by atoms with van der Waals surface area (Å²) in [5.74, 6) is 0. The van der Waals surface area contributed by atoms with Gasteiger partial charge in [-0.05, 0) is 25.2 Å². The van der Waals surface area contributed by atoms with Crippen LogP contribution in [0.2, 0.25) is 6.04 Å². The molecule has 0 aromatic rings. The van der Waals surface area contributed by atoms with Crippen LogP contribution in [0.1, 0.15) is 13.8 Å². The summed E-state index contributed by atoms with van der Waals surface area (Å²) >= 11 is 0. The Bertz CT molecular complexity index is 472. The first-order valence-electron chi connectivity index (χ1n) is 12.0. The summed E-state index contributed by atoms with van der Waals surface area (Å²) in [6.07, 6.45) is 1.86. The van der Waals surface area contributed by atoms with Crippen LogP contribution in [0.3, 0.4) is 0 Å². The SMILES string of the molecule is C=CC[SiH](OCC)OCC.C=C[Si](OC)(OC)OC.C=C[Si](OCCOC)(OCCOC)OCCOC. The average molecular weight is 589 g/mol. The molecule has 0 aliphatic carbocycles. The van der Waals surface area contributed by atoms with Gasteiger partial charge in [-0.3, -0.25) is 0 Å². The van der Waals surface area contributed by atoms with E-state index in [-0.39, 0.29) is 0 Å². The maximum Gasteiger partial charge on any atom is 0.529 e. The molecule has 0 fully saturated rings. The molecule has 0 saturated carbocycles. The van der Waals surface area contributed by atoms with Gasteiger partial charge in [-0.25, -0.2) is 0 Å². The fourth-order valence-electron chi connectivity index (χ4n) is 2.30. The molecule has 0 unspecified atom stereocenters. The minimum absolute atomic E-state index is 0.398. The lowest BCUT2D eigenvalue weighted by Gasteiger charge is -2.26. The van der Waals surface area contributed by atoms with E-state index < -0.39 is 26.9 Å². The fourth-order valence-corrected chi connectivity index (χ4v) is 6.39. The van der Waals surface area contributed by atoms with E-state index in [0.717, 1.165) is 19.3 Å². The van der Waals surface area contributed by atoms with Gasteiger partial charge >= 0.3 is 26.9 Å². The third-order valence-electron chi connectivity index (χ3n) is 4.19. The Morgan fingerprint density at radius 1 is 0.568 bits per heavy atom. The lowest BCUT2D eigenvalue weighted by atomic mass is 10.8. The van der Waals surface area contributed by atoms with Crippen molar-refractivity contribution in [3.8, 4) is 0 Å². The molecule has 222 valence electrons. The minimum atomic E-state index is -2.86. The summed E-state index contributed by atoms with van der Waals surface area (Å²) < 4.78 is 57.4. The first-order valence-corrected chi connectivity index (χ1v) is 17.4. The molecule has 0 radical (unpaired) electrons. The van der Waals surface area contributed by atoms with Gasteiger partial charge in [-0.2, -0.15) is 0 Å². The predicted octanol–water partition coefficient (Wildman–Crippen LogP) is 2.70. The zero-order valence-corrected chi connectivity index (χ0v) is 27.4. The highest BCUT2D eigenvalue weighted by Gasteiger charge is 2.38. The molecule has 14 heteroatoms. The summed E-state index contributed by atoms with van der Waals surface area (Å²) in [5.41, 5.74) is 3.18. The van der Waals surface area contributed by atoms with E-state index in [1.807, 2.05) is 19.9 Å². The zero-order chi connectivity index (χ0) is 28.8. The van der Waals surface area contributed by atoms with E-state index in [9.17, 15) is 0 Å². The molecule has 0 aromatic carbocycles.